The van der Waals surface area contributed by atoms with E-state index in [0.717, 1.165) is 70.6 Å². The first-order valence-corrected chi connectivity index (χ1v) is 19.8. The number of unbranched alkanes of at least 4 members (excludes halogenated alkanes) is 6. The first-order chi connectivity index (χ1) is 26.0. The molecule has 0 aliphatic rings. The van der Waals surface area contributed by atoms with Crippen molar-refractivity contribution in [2.24, 2.45) is 0 Å². The Hall–Kier alpha value is -4.45. The summed E-state index contributed by atoms with van der Waals surface area (Å²) in [6.07, 6.45) is 56.2. The fourth-order valence-corrected chi connectivity index (χ4v) is 4.47. The normalized spacial score (nSPS) is 13.5. The van der Waals surface area contributed by atoms with Crippen molar-refractivity contribution in [3.63, 3.8) is 0 Å². The van der Waals surface area contributed by atoms with Crippen LogP contribution in [-0.4, -0.2) is 37.2 Å². The van der Waals surface area contributed by atoms with Crippen LogP contribution in [0.5, 0.6) is 0 Å². The molecule has 0 amide bonds. The quantitative estimate of drug-likeness (QED) is 0.0226. The van der Waals surface area contributed by atoms with E-state index in [-0.39, 0.29) is 44.4 Å². The van der Waals surface area contributed by atoms with E-state index >= 15 is 0 Å². The molecule has 0 aromatic rings. The molecule has 0 spiro atoms. The molecular formula is C47H68O6. The van der Waals surface area contributed by atoms with Crippen LogP contribution in [-0.2, 0) is 28.6 Å². The maximum atomic E-state index is 12.6. The predicted octanol–water partition coefficient (Wildman–Crippen LogP) is 12.4. The zero-order chi connectivity index (χ0) is 38.7. The van der Waals surface area contributed by atoms with Crippen molar-refractivity contribution >= 4 is 17.9 Å². The van der Waals surface area contributed by atoms with Crippen LogP contribution in [0.2, 0.25) is 0 Å². The Morgan fingerprint density at radius 1 is 0.415 bits per heavy atom. The zero-order valence-electron chi connectivity index (χ0n) is 33.0. The maximum absolute atomic E-state index is 12.6. The smallest absolute Gasteiger partial charge is 0.309 e. The van der Waals surface area contributed by atoms with Crippen LogP contribution in [0, 0.1) is 0 Å². The number of carbonyl (C=O) groups excluding carboxylic acids is 3. The highest BCUT2D eigenvalue weighted by molar-refractivity contribution is 5.72. The van der Waals surface area contributed by atoms with Crippen LogP contribution in [0.25, 0.3) is 0 Å². The Kier molecular flexibility index (Phi) is 36.9. The summed E-state index contributed by atoms with van der Waals surface area (Å²) in [5.74, 6) is -1.19. The second-order valence-electron chi connectivity index (χ2n) is 12.2. The van der Waals surface area contributed by atoms with Crippen molar-refractivity contribution in [2.75, 3.05) is 13.2 Å². The summed E-state index contributed by atoms with van der Waals surface area (Å²) >= 11 is 0. The van der Waals surface area contributed by atoms with E-state index in [2.05, 4.69) is 75.5 Å². The Labute approximate surface area is 322 Å². The van der Waals surface area contributed by atoms with E-state index in [1.165, 1.54) is 0 Å². The summed E-state index contributed by atoms with van der Waals surface area (Å²) in [5.41, 5.74) is 0. The molecule has 292 valence electrons. The Bertz CT molecular complexity index is 1250. The molecule has 0 N–H and O–H groups in total. The van der Waals surface area contributed by atoms with Gasteiger partial charge in [0.15, 0.2) is 6.10 Å². The van der Waals surface area contributed by atoms with Gasteiger partial charge >= 0.3 is 17.9 Å². The van der Waals surface area contributed by atoms with Gasteiger partial charge in [-0.1, -0.05) is 174 Å². The van der Waals surface area contributed by atoms with Crippen molar-refractivity contribution in [2.45, 2.75) is 130 Å². The Morgan fingerprint density at radius 2 is 0.849 bits per heavy atom. The molecule has 0 rings (SSSR count). The van der Waals surface area contributed by atoms with Gasteiger partial charge in [0.2, 0.25) is 0 Å². The summed E-state index contributed by atoms with van der Waals surface area (Å²) in [6.45, 7) is 6.00. The Morgan fingerprint density at radius 3 is 1.43 bits per heavy atom. The second-order valence-corrected chi connectivity index (χ2v) is 12.2. The number of hydrogen-bond donors (Lipinski definition) is 0. The van der Waals surface area contributed by atoms with Crippen molar-refractivity contribution in [3.05, 3.63) is 134 Å². The third-order valence-corrected chi connectivity index (χ3v) is 7.35. The SMILES string of the molecule is CC\C=C/C=C\C=C/C=C\C=C/CCCC(=O)OCC(COC(=O)C/C=C\C/C=C\C/C=C\CC)OC(=O)CCCCCCC\C=C/C=C\C=C/CC. The van der Waals surface area contributed by atoms with Crippen LogP contribution in [0.15, 0.2) is 134 Å². The van der Waals surface area contributed by atoms with E-state index in [4.69, 9.17) is 14.2 Å². The standard InChI is InChI=1S/C47H68O6/c1-4-7-10-13-16-19-21-23-25-28-31-34-37-40-46(49)52-43-44(42-51-45(48)39-36-33-30-27-18-15-12-9-6-3)53-47(50)41-38-35-32-29-26-24-22-20-17-14-11-8-5-2/h7-14,16-23,25,27-28,31,33,36,44H,4-6,15,24,26,29-30,32,34-35,37-43H2,1-3H3/b10-7-,11-8-,12-9-,16-13-,17-14-,21-19-,22-20-,25-23-,27-18-,31-28-,36-33-. The summed E-state index contributed by atoms with van der Waals surface area (Å²) in [5, 5.41) is 0. The Balaban J connectivity index is 4.66. The van der Waals surface area contributed by atoms with Gasteiger partial charge < -0.3 is 14.2 Å². The molecule has 0 aromatic heterocycles. The van der Waals surface area contributed by atoms with Crippen LogP contribution in [0.4, 0.5) is 0 Å². The summed E-state index contributed by atoms with van der Waals surface area (Å²) in [4.78, 5) is 37.4. The molecule has 0 fully saturated rings. The molecule has 0 bridgehead atoms. The topological polar surface area (TPSA) is 78.9 Å². The molecule has 53 heavy (non-hydrogen) atoms. The van der Waals surface area contributed by atoms with Crippen LogP contribution < -0.4 is 0 Å². The molecule has 0 radical (unpaired) electrons. The van der Waals surface area contributed by atoms with Gasteiger partial charge in [-0.3, -0.25) is 14.4 Å². The second kappa shape index (κ2) is 40.3. The van der Waals surface area contributed by atoms with E-state index in [0.29, 0.717) is 12.8 Å². The zero-order valence-corrected chi connectivity index (χ0v) is 33.0. The molecule has 6 heteroatoms. The first kappa shape index (κ1) is 48.5. The van der Waals surface area contributed by atoms with Gasteiger partial charge in [-0.2, -0.15) is 0 Å². The van der Waals surface area contributed by atoms with Gasteiger partial charge in [0.1, 0.15) is 13.2 Å². The summed E-state index contributed by atoms with van der Waals surface area (Å²) < 4.78 is 16.4. The lowest BCUT2D eigenvalue weighted by Crippen LogP contribution is -2.30. The van der Waals surface area contributed by atoms with Crippen LogP contribution in [0.3, 0.4) is 0 Å². The molecule has 1 unspecified atom stereocenters. The van der Waals surface area contributed by atoms with Crippen molar-refractivity contribution in [1.82, 2.24) is 0 Å². The van der Waals surface area contributed by atoms with Crippen molar-refractivity contribution in [3.8, 4) is 0 Å². The van der Waals surface area contributed by atoms with Gasteiger partial charge in [0, 0.05) is 12.8 Å². The van der Waals surface area contributed by atoms with E-state index < -0.39 is 12.1 Å². The number of rotatable bonds is 32. The van der Waals surface area contributed by atoms with Crippen molar-refractivity contribution < 1.29 is 28.6 Å². The third-order valence-electron chi connectivity index (χ3n) is 7.35. The van der Waals surface area contributed by atoms with E-state index in [1.54, 1.807) is 6.08 Å². The van der Waals surface area contributed by atoms with Crippen LogP contribution >= 0.6 is 0 Å². The number of allylic oxidation sites excluding steroid dienone is 21. The van der Waals surface area contributed by atoms with Crippen LogP contribution in [0.1, 0.15) is 124 Å². The lowest BCUT2D eigenvalue weighted by atomic mass is 10.1. The molecule has 6 nitrogen and oxygen atoms in total. The number of hydrogen-bond acceptors (Lipinski definition) is 6. The average Bonchev–Trinajstić information content (AvgIpc) is 3.15. The highest BCUT2D eigenvalue weighted by Crippen LogP contribution is 2.10. The maximum Gasteiger partial charge on any atom is 0.309 e. The minimum absolute atomic E-state index is 0.111. The van der Waals surface area contributed by atoms with E-state index in [1.807, 2.05) is 72.9 Å². The third kappa shape index (κ3) is 38.6. The van der Waals surface area contributed by atoms with Crippen molar-refractivity contribution in [1.29, 1.82) is 0 Å². The lowest BCUT2D eigenvalue weighted by Gasteiger charge is -2.18. The largest absolute Gasteiger partial charge is 0.462 e. The predicted molar refractivity (Wildman–Crippen MR) is 223 cm³/mol. The highest BCUT2D eigenvalue weighted by atomic mass is 16.6. The molecule has 0 aliphatic heterocycles. The average molecular weight is 729 g/mol. The van der Waals surface area contributed by atoms with Gasteiger partial charge in [-0.05, 0) is 64.2 Å². The summed E-state index contributed by atoms with van der Waals surface area (Å²) in [6, 6.07) is 0. The lowest BCUT2D eigenvalue weighted by molar-refractivity contribution is -0.166. The molecule has 0 aromatic carbocycles. The minimum atomic E-state index is -0.854. The number of carbonyl (C=O) groups is 3. The summed E-state index contributed by atoms with van der Waals surface area (Å²) in [7, 11) is 0. The van der Waals surface area contributed by atoms with E-state index in [9.17, 15) is 14.4 Å². The highest BCUT2D eigenvalue weighted by Gasteiger charge is 2.19. The number of ether oxygens (including phenoxy) is 3. The number of esters is 3. The monoisotopic (exact) mass is 729 g/mol. The molecular weight excluding hydrogens is 661 g/mol. The molecule has 0 heterocycles. The molecule has 0 saturated heterocycles. The molecule has 0 saturated carbocycles. The fraction of sp³-hybridized carbons (Fsp3) is 0.468. The van der Waals surface area contributed by atoms with Gasteiger partial charge in [-0.25, -0.2) is 0 Å². The van der Waals surface area contributed by atoms with Gasteiger partial charge in [0.05, 0.1) is 6.42 Å². The first-order valence-electron chi connectivity index (χ1n) is 19.8. The molecule has 0 aliphatic carbocycles. The fourth-order valence-electron chi connectivity index (χ4n) is 4.47. The molecule has 1 atom stereocenters. The van der Waals surface area contributed by atoms with Gasteiger partial charge in [0.25, 0.3) is 0 Å². The van der Waals surface area contributed by atoms with Gasteiger partial charge in [-0.15, -0.1) is 0 Å². The minimum Gasteiger partial charge on any atom is -0.462 e.